The van der Waals surface area contributed by atoms with Crippen LogP contribution in [0.25, 0.3) is 0 Å². The molecule has 0 amide bonds. The zero-order chi connectivity index (χ0) is 8.10. The first-order chi connectivity index (χ1) is 5.34. The topological polar surface area (TPSA) is 65.7 Å². The van der Waals surface area contributed by atoms with Gasteiger partial charge in [0.1, 0.15) is 0 Å². The molecule has 0 saturated carbocycles. The normalized spacial score (nSPS) is 9.55. The van der Waals surface area contributed by atoms with Gasteiger partial charge < -0.3 is 16.8 Å². The van der Waals surface area contributed by atoms with E-state index in [0.29, 0.717) is 0 Å². The van der Waals surface area contributed by atoms with Crippen molar-refractivity contribution in [3.8, 4) is 0 Å². The minimum atomic E-state index is 0.793. The van der Waals surface area contributed by atoms with Crippen molar-refractivity contribution in [2.45, 2.75) is 0 Å². The Labute approximate surface area is 66.4 Å². The summed E-state index contributed by atoms with van der Waals surface area (Å²) in [4.78, 5) is 0. The Morgan fingerprint density at radius 1 is 1.36 bits per heavy atom. The summed E-state index contributed by atoms with van der Waals surface area (Å²) in [6.45, 7) is 1.74. The van der Waals surface area contributed by atoms with E-state index in [1.807, 2.05) is 24.3 Å². The molecular formula is C8H14N3+. The lowest BCUT2D eigenvalue weighted by Crippen LogP contribution is -2.53. The minimum absolute atomic E-state index is 0.793. The molecule has 0 aliphatic carbocycles. The smallest absolute Gasteiger partial charge is 0.0915 e. The summed E-state index contributed by atoms with van der Waals surface area (Å²) in [6.07, 6.45) is 0. The minimum Gasteiger partial charge on any atom is -0.397 e. The Bertz CT molecular complexity index is 222. The Hall–Kier alpha value is -1.22. The van der Waals surface area contributed by atoms with Crippen LogP contribution in [0.5, 0.6) is 0 Å². The molecule has 0 bridgehead atoms. The fourth-order valence-corrected chi connectivity index (χ4v) is 0.881. The summed E-state index contributed by atoms with van der Waals surface area (Å²) >= 11 is 0. The molecule has 1 rings (SSSR count). The molecule has 0 fully saturated rings. The number of hydrogen-bond acceptors (Lipinski definition) is 2. The second-order valence-corrected chi connectivity index (χ2v) is 2.37. The first kappa shape index (κ1) is 7.88. The van der Waals surface area contributed by atoms with E-state index in [0.717, 1.165) is 24.5 Å². The average Bonchev–Trinajstić information content (AvgIpc) is 2.03. The average molecular weight is 152 g/mol. The van der Waals surface area contributed by atoms with Crippen LogP contribution in [0.4, 0.5) is 11.4 Å². The summed E-state index contributed by atoms with van der Waals surface area (Å²) in [5.41, 5.74) is 11.2. The van der Waals surface area contributed by atoms with Crippen molar-refractivity contribution in [1.29, 1.82) is 0 Å². The first-order valence-corrected chi connectivity index (χ1v) is 3.72. The van der Waals surface area contributed by atoms with Gasteiger partial charge in [-0.25, -0.2) is 0 Å². The standard InChI is InChI=1S/C8H13N3/c9-5-6-11-8-4-2-1-3-7(8)10/h1-4,11H,5-6,9-10H2/p+1. The maximum atomic E-state index is 5.68. The van der Waals surface area contributed by atoms with Gasteiger partial charge in [0.05, 0.1) is 24.5 Å². The van der Waals surface area contributed by atoms with Crippen molar-refractivity contribution >= 4 is 11.4 Å². The quantitative estimate of drug-likeness (QED) is 0.530. The maximum absolute atomic E-state index is 5.68. The van der Waals surface area contributed by atoms with Crippen LogP contribution in [0.3, 0.4) is 0 Å². The maximum Gasteiger partial charge on any atom is 0.0915 e. The zero-order valence-corrected chi connectivity index (χ0v) is 6.51. The molecule has 3 nitrogen and oxygen atoms in total. The summed E-state index contributed by atoms with van der Waals surface area (Å²) < 4.78 is 0. The third-order valence-corrected chi connectivity index (χ3v) is 1.45. The Kier molecular flexibility index (Phi) is 2.74. The fourth-order valence-electron chi connectivity index (χ4n) is 0.881. The molecule has 6 N–H and O–H groups in total. The van der Waals surface area contributed by atoms with E-state index in [2.05, 4.69) is 11.1 Å². The van der Waals surface area contributed by atoms with Crippen LogP contribution in [-0.2, 0) is 0 Å². The lowest BCUT2D eigenvalue weighted by atomic mass is 10.3. The van der Waals surface area contributed by atoms with Gasteiger partial charge in [0, 0.05) is 0 Å². The van der Waals surface area contributed by atoms with Crippen LogP contribution in [0.1, 0.15) is 0 Å². The van der Waals surface area contributed by atoms with E-state index in [1.54, 1.807) is 0 Å². The number of anilines is 2. The summed E-state index contributed by atoms with van der Waals surface area (Å²) in [7, 11) is 0. The molecule has 1 aromatic carbocycles. The van der Waals surface area contributed by atoms with Gasteiger partial charge in [-0.15, -0.1) is 0 Å². The Morgan fingerprint density at radius 2 is 2.09 bits per heavy atom. The van der Waals surface area contributed by atoms with Crippen molar-refractivity contribution in [3.05, 3.63) is 24.3 Å². The molecule has 0 spiro atoms. The second kappa shape index (κ2) is 3.83. The number of rotatable bonds is 3. The molecule has 1 aromatic rings. The molecule has 0 saturated heterocycles. The van der Waals surface area contributed by atoms with Crippen LogP contribution >= 0.6 is 0 Å². The van der Waals surface area contributed by atoms with Gasteiger partial charge in [0.2, 0.25) is 0 Å². The third kappa shape index (κ3) is 2.13. The molecule has 0 unspecified atom stereocenters. The molecule has 3 heteroatoms. The van der Waals surface area contributed by atoms with Crippen molar-refractivity contribution in [2.24, 2.45) is 0 Å². The highest BCUT2D eigenvalue weighted by Crippen LogP contribution is 2.15. The molecule has 0 heterocycles. The SMILES string of the molecule is Nc1ccccc1NCC[NH3+]. The third-order valence-electron chi connectivity index (χ3n) is 1.45. The van der Waals surface area contributed by atoms with E-state index in [4.69, 9.17) is 5.73 Å². The molecule has 0 radical (unpaired) electrons. The van der Waals surface area contributed by atoms with E-state index >= 15 is 0 Å². The molecular weight excluding hydrogens is 138 g/mol. The van der Waals surface area contributed by atoms with Gasteiger partial charge in [-0.3, -0.25) is 0 Å². The van der Waals surface area contributed by atoms with Gasteiger partial charge >= 0.3 is 0 Å². The lowest BCUT2D eigenvalue weighted by molar-refractivity contribution is -0.362. The van der Waals surface area contributed by atoms with Crippen LogP contribution in [0, 0.1) is 0 Å². The number of hydrogen-bond donors (Lipinski definition) is 3. The highest BCUT2D eigenvalue weighted by atomic mass is 14.9. The van der Waals surface area contributed by atoms with E-state index < -0.39 is 0 Å². The van der Waals surface area contributed by atoms with Gasteiger partial charge in [-0.2, -0.15) is 0 Å². The van der Waals surface area contributed by atoms with Crippen molar-refractivity contribution in [1.82, 2.24) is 0 Å². The largest absolute Gasteiger partial charge is 0.397 e. The van der Waals surface area contributed by atoms with E-state index in [-0.39, 0.29) is 0 Å². The summed E-state index contributed by atoms with van der Waals surface area (Å²) in [5.74, 6) is 0. The predicted molar refractivity (Wildman–Crippen MR) is 47.1 cm³/mol. The first-order valence-electron chi connectivity index (χ1n) is 3.72. The second-order valence-electron chi connectivity index (χ2n) is 2.37. The monoisotopic (exact) mass is 152 g/mol. The number of benzene rings is 1. The van der Waals surface area contributed by atoms with Gasteiger partial charge in [0.25, 0.3) is 0 Å². The molecule has 0 aromatic heterocycles. The molecule has 60 valence electrons. The number of nitrogen functional groups attached to an aromatic ring is 1. The highest BCUT2D eigenvalue weighted by molar-refractivity contribution is 5.65. The number of nitrogens with two attached hydrogens (primary N) is 1. The zero-order valence-electron chi connectivity index (χ0n) is 6.51. The van der Waals surface area contributed by atoms with E-state index in [1.165, 1.54) is 0 Å². The molecule has 0 aliphatic rings. The Balaban J connectivity index is 2.62. The van der Waals surface area contributed by atoms with Crippen LogP contribution in [0.15, 0.2) is 24.3 Å². The number of para-hydroxylation sites is 2. The van der Waals surface area contributed by atoms with Crippen LogP contribution in [0.2, 0.25) is 0 Å². The van der Waals surface area contributed by atoms with Gasteiger partial charge in [-0.05, 0) is 12.1 Å². The number of quaternary nitrogens is 1. The van der Waals surface area contributed by atoms with Gasteiger partial charge in [0.15, 0.2) is 0 Å². The van der Waals surface area contributed by atoms with Crippen molar-refractivity contribution in [3.63, 3.8) is 0 Å². The highest BCUT2D eigenvalue weighted by Gasteiger charge is 1.93. The van der Waals surface area contributed by atoms with Crippen LogP contribution in [-0.4, -0.2) is 13.1 Å². The fraction of sp³-hybridized carbons (Fsp3) is 0.250. The van der Waals surface area contributed by atoms with Crippen molar-refractivity contribution < 1.29 is 5.73 Å². The summed E-state index contributed by atoms with van der Waals surface area (Å²) in [5, 5.41) is 3.18. The summed E-state index contributed by atoms with van der Waals surface area (Å²) in [6, 6.07) is 7.73. The lowest BCUT2D eigenvalue weighted by Gasteiger charge is -2.05. The Morgan fingerprint density at radius 3 is 2.73 bits per heavy atom. The van der Waals surface area contributed by atoms with E-state index in [9.17, 15) is 0 Å². The van der Waals surface area contributed by atoms with Crippen molar-refractivity contribution in [2.75, 3.05) is 24.1 Å². The predicted octanol–water partition coefficient (Wildman–Crippen LogP) is -0.0774. The number of nitrogens with one attached hydrogen (secondary N) is 1. The van der Waals surface area contributed by atoms with Crippen LogP contribution < -0.4 is 16.8 Å². The molecule has 11 heavy (non-hydrogen) atoms. The molecule has 0 aliphatic heterocycles. The van der Waals surface area contributed by atoms with Gasteiger partial charge in [-0.1, -0.05) is 12.1 Å². The molecule has 0 atom stereocenters.